The van der Waals surface area contributed by atoms with E-state index in [9.17, 15) is 0 Å². The third-order valence-corrected chi connectivity index (χ3v) is 5.61. The van der Waals surface area contributed by atoms with E-state index in [1.165, 1.54) is 0 Å². The lowest BCUT2D eigenvalue weighted by Crippen LogP contribution is -2.26. The molecule has 1 aliphatic heterocycles. The van der Waals surface area contributed by atoms with Gasteiger partial charge in [-0.15, -0.1) is 0 Å². The zero-order chi connectivity index (χ0) is 22.3. The maximum atomic E-state index is 6.27. The molecule has 0 radical (unpaired) electrons. The van der Waals surface area contributed by atoms with Crippen LogP contribution in [0.2, 0.25) is 5.02 Å². The SMILES string of the molecule is CN(CCCOC(c1ccc(Cl)cc1)c1ccnn1C)CCOc1ccc2c(c1)OCO2. The Morgan fingerprint density at radius 3 is 2.66 bits per heavy atom. The molecule has 1 aliphatic rings. The number of hydrogen-bond donors (Lipinski definition) is 0. The maximum absolute atomic E-state index is 6.27. The fraction of sp³-hybridized carbons (Fsp3) is 0.375. The zero-order valence-electron chi connectivity index (χ0n) is 18.4. The van der Waals surface area contributed by atoms with E-state index >= 15 is 0 Å². The van der Waals surface area contributed by atoms with Gasteiger partial charge in [-0.2, -0.15) is 5.10 Å². The highest BCUT2D eigenvalue weighted by Gasteiger charge is 2.18. The molecule has 0 bridgehead atoms. The number of halogens is 1. The standard InChI is InChI=1S/C24H28ClN3O4/c1-27(13-15-29-20-8-9-22-23(16-20)32-17-31-22)12-3-14-30-24(21-10-11-26-28(21)2)18-4-6-19(25)7-5-18/h4-11,16,24H,3,12-15,17H2,1-2H3. The summed E-state index contributed by atoms with van der Waals surface area (Å²) in [5.74, 6) is 2.28. The van der Waals surface area contributed by atoms with Crippen LogP contribution in [0.25, 0.3) is 0 Å². The highest BCUT2D eigenvalue weighted by molar-refractivity contribution is 6.30. The van der Waals surface area contributed by atoms with E-state index in [1.54, 1.807) is 6.20 Å². The number of hydrogen-bond acceptors (Lipinski definition) is 6. The Hall–Kier alpha value is -2.74. The molecule has 2 aromatic carbocycles. The van der Waals surface area contributed by atoms with Gasteiger partial charge in [0.25, 0.3) is 0 Å². The summed E-state index contributed by atoms with van der Waals surface area (Å²) in [6.45, 7) is 3.22. The minimum Gasteiger partial charge on any atom is -0.492 e. The Morgan fingerprint density at radius 1 is 1.06 bits per heavy atom. The first-order valence-corrected chi connectivity index (χ1v) is 11.0. The third-order valence-electron chi connectivity index (χ3n) is 5.35. The monoisotopic (exact) mass is 457 g/mol. The van der Waals surface area contributed by atoms with E-state index in [4.69, 9.17) is 30.5 Å². The molecule has 8 heteroatoms. The number of fused-ring (bicyclic) bond motifs is 1. The zero-order valence-corrected chi connectivity index (χ0v) is 19.1. The van der Waals surface area contributed by atoms with Gasteiger partial charge in [0.15, 0.2) is 11.5 Å². The fourth-order valence-electron chi connectivity index (χ4n) is 3.56. The van der Waals surface area contributed by atoms with Crippen molar-refractivity contribution in [1.29, 1.82) is 0 Å². The molecule has 0 saturated carbocycles. The Kier molecular flexibility index (Phi) is 7.52. The molecule has 170 valence electrons. The first kappa shape index (κ1) is 22.5. The summed E-state index contributed by atoms with van der Waals surface area (Å²) in [4.78, 5) is 2.23. The van der Waals surface area contributed by atoms with Crippen LogP contribution in [0.1, 0.15) is 23.8 Å². The number of benzene rings is 2. The molecule has 0 spiro atoms. The van der Waals surface area contributed by atoms with Gasteiger partial charge in [0.05, 0.1) is 5.69 Å². The van der Waals surface area contributed by atoms with Gasteiger partial charge in [-0.3, -0.25) is 4.68 Å². The summed E-state index contributed by atoms with van der Waals surface area (Å²) in [7, 11) is 4.01. The van der Waals surface area contributed by atoms with E-state index < -0.39 is 0 Å². The van der Waals surface area contributed by atoms with Gasteiger partial charge in [0, 0.05) is 44.0 Å². The maximum Gasteiger partial charge on any atom is 0.231 e. The molecule has 4 rings (SSSR count). The Morgan fingerprint density at radius 2 is 1.88 bits per heavy atom. The molecular weight excluding hydrogens is 430 g/mol. The van der Waals surface area contributed by atoms with Crippen molar-refractivity contribution in [3.8, 4) is 17.2 Å². The minimum atomic E-state index is -0.181. The van der Waals surface area contributed by atoms with Gasteiger partial charge in [-0.1, -0.05) is 23.7 Å². The number of rotatable bonds is 11. The quantitative estimate of drug-likeness (QED) is 0.400. The summed E-state index contributed by atoms with van der Waals surface area (Å²) in [6.07, 6.45) is 2.51. The van der Waals surface area contributed by atoms with Crippen molar-refractivity contribution in [2.75, 3.05) is 40.1 Å². The molecule has 0 amide bonds. The minimum absolute atomic E-state index is 0.181. The van der Waals surface area contributed by atoms with Crippen LogP contribution in [0.5, 0.6) is 17.2 Å². The molecule has 1 atom stereocenters. The largest absolute Gasteiger partial charge is 0.492 e. The molecule has 0 fully saturated rings. The topological polar surface area (TPSA) is 58.0 Å². The highest BCUT2D eigenvalue weighted by Crippen LogP contribution is 2.35. The van der Waals surface area contributed by atoms with Crippen LogP contribution in [0.4, 0.5) is 0 Å². The van der Waals surface area contributed by atoms with E-state index in [0.29, 0.717) is 18.2 Å². The van der Waals surface area contributed by atoms with Crippen LogP contribution in [0.15, 0.2) is 54.7 Å². The van der Waals surface area contributed by atoms with Crippen molar-refractivity contribution in [3.05, 3.63) is 71.0 Å². The number of aryl methyl sites for hydroxylation is 1. The molecule has 3 aromatic rings. The molecule has 0 aliphatic carbocycles. The van der Waals surface area contributed by atoms with Gasteiger partial charge >= 0.3 is 0 Å². The average Bonchev–Trinajstić information content (AvgIpc) is 3.43. The van der Waals surface area contributed by atoms with Gasteiger partial charge in [0.2, 0.25) is 6.79 Å². The third kappa shape index (κ3) is 5.73. The first-order chi connectivity index (χ1) is 15.6. The van der Waals surface area contributed by atoms with Crippen LogP contribution in [-0.4, -0.2) is 54.8 Å². The summed E-state index contributed by atoms with van der Waals surface area (Å²) in [5.41, 5.74) is 2.07. The van der Waals surface area contributed by atoms with Crippen LogP contribution < -0.4 is 14.2 Å². The van der Waals surface area contributed by atoms with E-state index in [0.717, 1.165) is 48.0 Å². The molecule has 7 nitrogen and oxygen atoms in total. The molecule has 0 N–H and O–H groups in total. The number of aromatic nitrogens is 2. The van der Waals surface area contributed by atoms with Crippen molar-refractivity contribution < 1.29 is 18.9 Å². The first-order valence-electron chi connectivity index (χ1n) is 10.7. The van der Waals surface area contributed by atoms with Crippen LogP contribution >= 0.6 is 11.6 Å². The van der Waals surface area contributed by atoms with Gasteiger partial charge < -0.3 is 23.8 Å². The Bertz CT molecular complexity index is 1010. The molecular formula is C24H28ClN3O4. The second kappa shape index (κ2) is 10.7. The summed E-state index contributed by atoms with van der Waals surface area (Å²) in [6, 6.07) is 15.4. The molecule has 32 heavy (non-hydrogen) atoms. The lowest BCUT2D eigenvalue weighted by molar-refractivity contribution is 0.0674. The number of likely N-dealkylation sites (N-methyl/N-ethyl adjacent to an activating group) is 1. The lowest BCUT2D eigenvalue weighted by Gasteiger charge is -2.21. The number of ether oxygens (including phenoxy) is 4. The van der Waals surface area contributed by atoms with E-state index in [1.807, 2.05) is 60.3 Å². The van der Waals surface area contributed by atoms with Gasteiger partial charge in [-0.05, 0) is 49.4 Å². The number of nitrogens with zero attached hydrogens (tertiary/aromatic N) is 3. The van der Waals surface area contributed by atoms with Gasteiger partial charge in [-0.25, -0.2) is 0 Å². The second-order valence-corrected chi connectivity index (χ2v) is 8.14. The Labute approximate surface area is 193 Å². The summed E-state index contributed by atoms with van der Waals surface area (Å²) in [5, 5.41) is 5.00. The molecule has 1 unspecified atom stereocenters. The van der Waals surface area contributed by atoms with Crippen LogP contribution in [0.3, 0.4) is 0 Å². The summed E-state index contributed by atoms with van der Waals surface area (Å²) < 4.78 is 24.7. The molecule has 0 saturated heterocycles. The van der Waals surface area contributed by atoms with Crippen molar-refractivity contribution in [2.45, 2.75) is 12.5 Å². The van der Waals surface area contributed by atoms with Crippen molar-refractivity contribution in [3.63, 3.8) is 0 Å². The predicted molar refractivity (Wildman–Crippen MR) is 123 cm³/mol. The predicted octanol–water partition coefficient (Wildman–Crippen LogP) is 4.31. The summed E-state index contributed by atoms with van der Waals surface area (Å²) >= 11 is 6.05. The lowest BCUT2D eigenvalue weighted by atomic mass is 10.1. The van der Waals surface area contributed by atoms with E-state index in [2.05, 4.69) is 17.0 Å². The van der Waals surface area contributed by atoms with Crippen molar-refractivity contribution in [1.82, 2.24) is 14.7 Å². The van der Waals surface area contributed by atoms with Crippen molar-refractivity contribution >= 4 is 11.6 Å². The molecule has 1 aromatic heterocycles. The molecule has 2 heterocycles. The van der Waals surface area contributed by atoms with E-state index in [-0.39, 0.29) is 12.9 Å². The van der Waals surface area contributed by atoms with Crippen molar-refractivity contribution in [2.24, 2.45) is 7.05 Å². The fourth-order valence-corrected chi connectivity index (χ4v) is 3.69. The Balaban J connectivity index is 1.21. The van der Waals surface area contributed by atoms with Gasteiger partial charge in [0.1, 0.15) is 18.5 Å². The van der Waals surface area contributed by atoms with Crippen LogP contribution in [0, 0.1) is 0 Å². The van der Waals surface area contributed by atoms with Crippen LogP contribution in [-0.2, 0) is 11.8 Å². The average molecular weight is 458 g/mol. The highest BCUT2D eigenvalue weighted by atomic mass is 35.5. The normalized spacial score (nSPS) is 13.5. The smallest absolute Gasteiger partial charge is 0.231 e. The second-order valence-electron chi connectivity index (χ2n) is 7.70.